The molecule has 3 heteroatoms. The van der Waals surface area contributed by atoms with Crippen LogP contribution in [0, 0.1) is 0 Å². The van der Waals surface area contributed by atoms with Crippen LogP contribution in [0.3, 0.4) is 0 Å². The van der Waals surface area contributed by atoms with Gasteiger partial charge in [-0.2, -0.15) is 0 Å². The van der Waals surface area contributed by atoms with Gasteiger partial charge in [0, 0.05) is 5.69 Å². The van der Waals surface area contributed by atoms with Gasteiger partial charge in [-0.15, -0.1) is 11.6 Å². The maximum atomic E-state index is 11.4. The Labute approximate surface area is 102 Å². The van der Waals surface area contributed by atoms with Crippen LogP contribution in [0.15, 0.2) is 24.3 Å². The molecule has 0 heterocycles. The van der Waals surface area contributed by atoms with Gasteiger partial charge in [-0.3, -0.25) is 4.79 Å². The van der Waals surface area contributed by atoms with E-state index in [0.717, 1.165) is 5.69 Å². The van der Waals surface area contributed by atoms with Crippen molar-refractivity contribution in [2.45, 2.75) is 38.5 Å². The summed E-state index contributed by atoms with van der Waals surface area (Å²) in [5.41, 5.74) is 2.15. The number of alkyl halides is 1. The van der Waals surface area contributed by atoms with E-state index >= 15 is 0 Å². The average Bonchev–Trinajstić information content (AvgIpc) is 2.17. The molecule has 0 fully saturated rings. The van der Waals surface area contributed by atoms with E-state index in [1.165, 1.54) is 5.56 Å². The van der Waals surface area contributed by atoms with E-state index in [9.17, 15) is 4.79 Å². The fraction of sp³-hybridized carbons (Fsp3) is 0.462. The maximum absolute atomic E-state index is 11.4. The molecule has 0 radical (unpaired) electrons. The Morgan fingerprint density at radius 2 is 1.75 bits per heavy atom. The number of hydrogen-bond donors (Lipinski definition) is 1. The van der Waals surface area contributed by atoms with Crippen LogP contribution in [0.1, 0.15) is 33.3 Å². The standard InChI is InChI=1S/C13H18ClNO/c1-9(14)12(16)15-11-7-5-10(6-8-11)13(2,3)4/h5-9H,1-4H3,(H,15,16)/t9-/m1/s1. The van der Waals surface area contributed by atoms with E-state index in [1.807, 2.05) is 24.3 Å². The van der Waals surface area contributed by atoms with E-state index < -0.39 is 5.38 Å². The highest BCUT2D eigenvalue weighted by molar-refractivity contribution is 6.32. The third kappa shape index (κ3) is 3.53. The van der Waals surface area contributed by atoms with Crippen LogP contribution in [-0.4, -0.2) is 11.3 Å². The summed E-state index contributed by atoms with van der Waals surface area (Å²) in [4.78, 5) is 11.4. The van der Waals surface area contributed by atoms with Gasteiger partial charge >= 0.3 is 0 Å². The molecule has 0 aromatic heterocycles. The molecule has 0 aliphatic rings. The fourth-order valence-electron chi connectivity index (χ4n) is 1.30. The van der Waals surface area contributed by atoms with Crippen molar-refractivity contribution in [3.63, 3.8) is 0 Å². The summed E-state index contributed by atoms with van der Waals surface area (Å²) in [6.07, 6.45) is 0. The zero-order valence-electron chi connectivity index (χ0n) is 10.2. The van der Waals surface area contributed by atoms with Crippen molar-refractivity contribution in [2.24, 2.45) is 0 Å². The number of amides is 1. The summed E-state index contributed by atoms with van der Waals surface area (Å²) in [5.74, 6) is -0.176. The molecular weight excluding hydrogens is 222 g/mol. The molecule has 0 saturated carbocycles. The van der Waals surface area contributed by atoms with Crippen LogP contribution in [0.5, 0.6) is 0 Å². The molecule has 0 aliphatic heterocycles. The molecule has 2 nitrogen and oxygen atoms in total. The summed E-state index contributed by atoms with van der Waals surface area (Å²) < 4.78 is 0. The average molecular weight is 240 g/mol. The monoisotopic (exact) mass is 239 g/mol. The Morgan fingerprint density at radius 1 is 1.25 bits per heavy atom. The van der Waals surface area contributed by atoms with Gasteiger partial charge in [-0.05, 0) is 30.0 Å². The van der Waals surface area contributed by atoms with Crippen molar-refractivity contribution in [1.29, 1.82) is 0 Å². The molecule has 16 heavy (non-hydrogen) atoms. The number of benzene rings is 1. The van der Waals surface area contributed by atoms with Gasteiger partial charge in [0.15, 0.2) is 0 Å². The molecular formula is C13H18ClNO. The van der Waals surface area contributed by atoms with Gasteiger partial charge < -0.3 is 5.32 Å². The lowest BCUT2D eigenvalue weighted by Gasteiger charge is -2.19. The van der Waals surface area contributed by atoms with E-state index in [0.29, 0.717) is 0 Å². The molecule has 1 atom stereocenters. The van der Waals surface area contributed by atoms with E-state index in [1.54, 1.807) is 6.92 Å². The van der Waals surface area contributed by atoms with E-state index in [2.05, 4.69) is 26.1 Å². The number of carbonyl (C=O) groups excluding carboxylic acids is 1. The maximum Gasteiger partial charge on any atom is 0.242 e. The Hall–Kier alpha value is -1.02. The highest BCUT2D eigenvalue weighted by Crippen LogP contribution is 2.23. The summed E-state index contributed by atoms with van der Waals surface area (Å²) in [5, 5.41) is 2.24. The van der Waals surface area contributed by atoms with Gasteiger partial charge in [0.25, 0.3) is 0 Å². The molecule has 0 saturated heterocycles. The van der Waals surface area contributed by atoms with Crippen molar-refractivity contribution in [3.05, 3.63) is 29.8 Å². The molecule has 0 aliphatic carbocycles. The highest BCUT2D eigenvalue weighted by Gasteiger charge is 2.13. The second kappa shape index (κ2) is 4.88. The third-order valence-corrected chi connectivity index (χ3v) is 2.58. The fourth-order valence-corrected chi connectivity index (χ4v) is 1.35. The minimum Gasteiger partial charge on any atom is -0.325 e. The molecule has 0 bridgehead atoms. The van der Waals surface area contributed by atoms with Crippen LogP contribution in [-0.2, 0) is 10.2 Å². The lowest BCUT2D eigenvalue weighted by molar-refractivity contribution is -0.115. The Balaban J connectivity index is 2.76. The van der Waals surface area contributed by atoms with E-state index in [4.69, 9.17) is 11.6 Å². The van der Waals surface area contributed by atoms with Gasteiger partial charge in [-0.1, -0.05) is 32.9 Å². The lowest BCUT2D eigenvalue weighted by atomic mass is 9.87. The molecule has 1 aromatic carbocycles. The normalized spacial score (nSPS) is 13.3. The Morgan fingerprint density at radius 3 is 2.12 bits per heavy atom. The number of halogens is 1. The number of hydrogen-bond acceptors (Lipinski definition) is 1. The third-order valence-electron chi connectivity index (χ3n) is 2.38. The molecule has 88 valence electrons. The molecule has 1 aromatic rings. The molecule has 1 rings (SSSR count). The number of nitrogens with one attached hydrogen (secondary N) is 1. The first-order chi connectivity index (χ1) is 7.30. The first kappa shape index (κ1) is 13.0. The number of carbonyl (C=O) groups is 1. The minimum atomic E-state index is -0.512. The van der Waals surface area contributed by atoms with Gasteiger partial charge in [-0.25, -0.2) is 0 Å². The van der Waals surface area contributed by atoms with Crippen molar-refractivity contribution in [1.82, 2.24) is 0 Å². The molecule has 0 spiro atoms. The summed E-state index contributed by atoms with van der Waals surface area (Å²) in [6, 6.07) is 7.85. The molecule has 1 amide bonds. The van der Waals surface area contributed by atoms with Crippen molar-refractivity contribution >= 4 is 23.2 Å². The zero-order valence-corrected chi connectivity index (χ0v) is 10.9. The molecule has 1 N–H and O–H groups in total. The van der Waals surface area contributed by atoms with Crippen molar-refractivity contribution in [2.75, 3.05) is 5.32 Å². The smallest absolute Gasteiger partial charge is 0.242 e. The minimum absolute atomic E-state index is 0.127. The SMILES string of the molecule is C[C@@H](Cl)C(=O)Nc1ccc(C(C)(C)C)cc1. The predicted molar refractivity (Wildman–Crippen MR) is 69.1 cm³/mol. The number of anilines is 1. The predicted octanol–water partition coefficient (Wildman–Crippen LogP) is 3.55. The topological polar surface area (TPSA) is 29.1 Å². The highest BCUT2D eigenvalue weighted by atomic mass is 35.5. The van der Waals surface area contributed by atoms with Crippen LogP contribution in [0.25, 0.3) is 0 Å². The largest absolute Gasteiger partial charge is 0.325 e. The quantitative estimate of drug-likeness (QED) is 0.786. The Kier molecular flexibility index (Phi) is 3.98. The van der Waals surface area contributed by atoms with Crippen molar-refractivity contribution < 1.29 is 4.79 Å². The molecule has 0 unspecified atom stereocenters. The van der Waals surface area contributed by atoms with Crippen molar-refractivity contribution in [3.8, 4) is 0 Å². The van der Waals surface area contributed by atoms with Crippen LogP contribution in [0.2, 0.25) is 0 Å². The van der Waals surface area contributed by atoms with Gasteiger partial charge in [0.05, 0.1) is 0 Å². The number of rotatable bonds is 2. The first-order valence-electron chi connectivity index (χ1n) is 5.36. The zero-order chi connectivity index (χ0) is 12.3. The summed E-state index contributed by atoms with van der Waals surface area (Å²) in [6.45, 7) is 8.12. The van der Waals surface area contributed by atoms with Crippen LogP contribution in [0.4, 0.5) is 5.69 Å². The van der Waals surface area contributed by atoms with Crippen LogP contribution < -0.4 is 5.32 Å². The second-order valence-corrected chi connectivity index (χ2v) is 5.59. The van der Waals surface area contributed by atoms with Gasteiger partial charge in [0.2, 0.25) is 5.91 Å². The van der Waals surface area contributed by atoms with Crippen LogP contribution >= 0.6 is 11.6 Å². The van der Waals surface area contributed by atoms with E-state index in [-0.39, 0.29) is 11.3 Å². The summed E-state index contributed by atoms with van der Waals surface area (Å²) in [7, 11) is 0. The lowest BCUT2D eigenvalue weighted by Crippen LogP contribution is -2.20. The Bertz CT molecular complexity index is 363. The van der Waals surface area contributed by atoms with Gasteiger partial charge in [0.1, 0.15) is 5.38 Å². The second-order valence-electron chi connectivity index (χ2n) is 4.93. The summed E-state index contributed by atoms with van der Waals surface area (Å²) >= 11 is 5.67. The first-order valence-corrected chi connectivity index (χ1v) is 5.80.